The lowest BCUT2D eigenvalue weighted by atomic mass is 9.98. The molecule has 20 heavy (non-hydrogen) atoms. The molecular weight excluding hydrogens is 250 g/mol. The molecule has 0 aromatic heterocycles. The standard InChI is InChI=1S/C17H23NO2/c19-17(16-7-4-10-20-16)18-15-9-8-14(12-15)11-13-5-2-1-3-6-13/h1-3,5-6,14-16H,4,7-12H2,(H,18,19)/t14?,15?,16-/m0/s1. The summed E-state index contributed by atoms with van der Waals surface area (Å²) in [5.74, 6) is 0.806. The number of nitrogens with one attached hydrogen (secondary N) is 1. The Morgan fingerprint density at radius 1 is 1.20 bits per heavy atom. The molecule has 1 heterocycles. The molecule has 2 aliphatic rings. The maximum Gasteiger partial charge on any atom is 0.249 e. The summed E-state index contributed by atoms with van der Waals surface area (Å²) in [6.45, 7) is 0.736. The van der Waals surface area contributed by atoms with Gasteiger partial charge in [-0.15, -0.1) is 0 Å². The van der Waals surface area contributed by atoms with Gasteiger partial charge < -0.3 is 10.1 Å². The highest BCUT2D eigenvalue weighted by Gasteiger charge is 2.29. The zero-order chi connectivity index (χ0) is 13.8. The van der Waals surface area contributed by atoms with Crippen molar-refractivity contribution in [2.24, 2.45) is 5.92 Å². The van der Waals surface area contributed by atoms with E-state index in [2.05, 4.69) is 35.6 Å². The Morgan fingerprint density at radius 2 is 2.05 bits per heavy atom. The van der Waals surface area contributed by atoms with Crippen molar-refractivity contribution < 1.29 is 9.53 Å². The third-order valence-corrected chi connectivity index (χ3v) is 4.48. The Labute approximate surface area is 120 Å². The molecule has 3 atom stereocenters. The van der Waals surface area contributed by atoms with Crippen LogP contribution in [0.5, 0.6) is 0 Å². The zero-order valence-electron chi connectivity index (χ0n) is 11.9. The van der Waals surface area contributed by atoms with E-state index in [-0.39, 0.29) is 12.0 Å². The summed E-state index contributed by atoms with van der Waals surface area (Å²) in [5, 5.41) is 3.17. The van der Waals surface area contributed by atoms with Gasteiger partial charge in [-0.25, -0.2) is 0 Å². The van der Waals surface area contributed by atoms with Gasteiger partial charge in [0.2, 0.25) is 5.91 Å². The molecule has 3 heteroatoms. The van der Waals surface area contributed by atoms with Gasteiger partial charge in [0.15, 0.2) is 0 Å². The number of benzene rings is 1. The minimum atomic E-state index is -0.192. The number of carbonyl (C=O) groups is 1. The van der Waals surface area contributed by atoms with Crippen molar-refractivity contribution in [3.8, 4) is 0 Å². The summed E-state index contributed by atoms with van der Waals surface area (Å²) in [6.07, 6.45) is 6.26. The van der Waals surface area contributed by atoms with Crippen molar-refractivity contribution in [2.45, 2.75) is 50.7 Å². The first-order chi connectivity index (χ1) is 9.81. The molecule has 1 amide bonds. The average molecular weight is 273 g/mol. The highest BCUT2D eigenvalue weighted by molar-refractivity contribution is 5.81. The summed E-state index contributed by atoms with van der Waals surface area (Å²) in [5.41, 5.74) is 1.41. The van der Waals surface area contributed by atoms with E-state index in [0.29, 0.717) is 12.0 Å². The predicted octanol–water partition coefficient (Wildman–Crippen LogP) is 2.69. The normalized spacial score (nSPS) is 29.5. The van der Waals surface area contributed by atoms with Crippen LogP contribution < -0.4 is 5.32 Å². The lowest BCUT2D eigenvalue weighted by molar-refractivity contribution is -0.130. The number of hydrogen-bond donors (Lipinski definition) is 1. The van der Waals surface area contributed by atoms with Gasteiger partial charge in [-0.3, -0.25) is 4.79 Å². The molecule has 1 saturated heterocycles. The molecule has 1 aliphatic heterocycles. The van der Waals surface area contributed by atoms with E-state index >= 15 is 0 Å². The van der Waals surface area contributed by atoms with Crippen LogP contribution in [0.1, 0.15) is 37.7 Å². The van der Waals surface area contributed by atoms with Crippen LogP contribution in [0.3, 0.4) is 0 Å². The Bertz CT molecular complexity index is 440. The van der Waals surface area contributed by atoms with Crippen molar-refractivity contribution in [1.29, 1.82) is 0 Å². The molecular formula is C17H23NO2. The Morgan fingerprint density at radius 3 is 2.80 bits per heavy atom. The summed E-state index contributed by atoms with van der Waals surface area (Å²) in [7, 11) is 0. The molecule has 2 unspecified atom stereocenters. The van der Waals surface area contributed by atoms with E-state index in [1.165, 1.54) is 12.0 Å². The highest BCUT2D eigenvalue weighted by atomic mass is 16.5. The Hall–Kier alpha value is -1.35. The van der Waals surface area contributed by atoms with Gasteiger partial charge in [0.25, 0.3) is 0 Å². The van der Waals surface area contributed by atoms with E-state index < -0.39 is 0 Å². The quantitative estimate of drug-likeness (QED) is 0.916. The van der Waals surface area contributed by atoms with Crippen LogP contribution in [0.2, 0.25) is 0 Å². The van der Waals surface area contributed by atoms with Crippen LogP contribution in [0, 0.1) is 5.92 Å². The fraction of sp³-hybridized carbons (Fsp3) is 0.588. The van der Waals surface area contributed by atoms with Crippen LogP contribution in [0.15, 0.2) is 30.3 Å². The smallest absolute Gasteiger partial charge is 0.249 e. The first-order valence-electron chi connectivity index (χ1n) is 7.77. The Balaban J connectivity index is 1.46. The SMILES string of the molecule is O=C(NC1CCC(Cc2ccccc2)C1)[C@@H]1CCCO1. The minimum absolute atomic E-state index is 0.105. The molecule has 1 saturated carbocycles. The summed E-state index contributed by atoms with van der Waals surface area (Å²) in [4.78, 5) is 12.0. The van der Waals surface area contributed by atoms with Crippen molar-refractivity contribution in [2.75, 3.05) is 6.61 Å². The third kappa shape index (κ3) is 3.40. The second-order valence-corrected chi connectivity index (χ2v) is 6.08. The molecule has 3 nitrogen and oxygen atoms in total. The van der Waals surface area contributed by atoms with E-state index in [1.807, 2.05) is 0 Å². The summed E-state index contributed by atoms with van der Waals surface area (Å²) in [6, 6.07) is 11.0. The Kier molecular flexibility index (Phi) is 4.36. The van der Waals surface area contributed by atoms with Crippen molar-refractivity contribution in [1.82, 2.24) is 5.32 Å². The van der Waals surface area contributed by atoms with Crippen LogP contribution in [-0.2, 0) is 16.0 Å². The van der Waals surface area contributed by atoms with Gasteiger partial charge in [-0.1, -0.05) is 30.3 Å². The van der Waals surface area contributed by atoms with Crippen LogP contribution in [0.25, 0.3) is 0 Å². The van der Waals surface area contributed by atoms with Crippen molar-refractivity contribution >= 4 is 5.91 Å². The van der Waals surface area contributed by atoms with Gasteiger partial charge in [0, 0.05) is 12.6 Å². The first kappa shape index (κ1) is 13.6. The predicted molar refractivity (Wildman–Crippen MR) is 78.4 cm³/mol. The molecule has 108 valence electrons. The number of carbonyl (C=O) groups excluding carboxylic acids is 1. The topological polar surface area (TPSA) is 38.3 Å². The number of ether oxygens (including phenoxy) is 1. The van der Waals surface area contributed by atoms with Gasteiger partial charge in [-0.2, -0.15) is 0 Å². The molecule has 0 radical (unpaired) electrons. The average Bonchev–Trinajstić information content (AvgIpc) is 3.11. The van der Waals surface area contributed by atoms with E-state index in [9.17, 15) is 4.79 Å². The lowest BCUT2D eigenvalue weighted by Gasteiger charge is -2.16. The van der Waals surface area contributed by atoms with Crippen LogP contribution >= 0.6 is 0 Å². The fourth-order valence-corrected chi connectivity index (χ4v) is 3.42. The molecule has 1 aromatic carbocycles. The number of amides is 1. The van der Waals surface area contributed by atoms with Crippen LogP contribution in [0.4, 0.5) is 0 Å². The lowest BCUT2D eigenvalue weighted by Crippen LogP contribution is -2.40. The minimum Gasteiger partial charge on any atom is -0.368 e. The largest absolute Gasteiger partial charge is 0.368 e. The maximum absolute atomic E-state index is 12.0. The van der Waals surface area contributed by atoms with Gasteiger partial charge in [0.05, 0.1) is 0 Å². The second kappa shape index (κ2) is 6.40. The van der Waals surface area contributed by atoms with Crippen molar-refractivity contribution in [3.05, 3.63) is 35.9 Å². The molecule has 2 fully saturated rings. The summed E-state index contributed by atoms with van der Waals surface area (Å²) < 4.78 is 5.44. The maximum atomic E-state index is 12.0. The molecule has 1 aliphatic carbocycles. The molecule has 1 aromatic rings. The van der Waals surface area contributed by atoms with Gasteiger partial charge in [0.1, 0.15) is 6.10 Å². The first-order valence-corrected chi connectivity index (χ1v) is 7.77. The highest BCUT2D eigenvalue weighted by Crippen LogP contribution is 2.29. The molecule has 0 bridgehead atoms. The zero-order valence-corrected chi connectivity index (χ0v) is 11.9. The fourth-order valence-electron chi connectivity index (χ4n) is 3.42. The second-order valence-electron chi connectivity index (χ2n) is 6.08. The number of hydrogen-bond acceptors (Lipinski definition) is 2. The van der Waals surface area contributed by atoms with Crippen LogP contribution in [-0.4, -0.2) is 24.7 Å². The third-order valence-electron chi connectivity index (χ3n) is 4.48. The summed E-state index contributed by atoms with van der Waals surface area (Å²) >= 11 is 0. The van der Waals surface area contributed by atoms with Crippen molar-refractivity contribution in [3.63, 3.8) is 0 Å². The molecule has 3 rings (SSSR count). The van der Waals surface area contributed by atoms with E-state index in [1.54, 1.807) is 0 Å². The molecule has 1 N–H and O–H groups in total. The van der Waals surface area contributed by atoms with E-state index in [4.69, 9.17) is 4.74 Å². The van der Waals surface area contributed by atoms with Gasteiger partial charge >= 0.3 is 0 Å². The monoisotopic (exact) mass is 273 g/mol. The van der Waals surface area contributed by atoms with Gasteiger partial charge in [-0.05, 0) is 50.0 Å². The molecule has 0 spiro atoms. The number of rotatable bonds is 4. The van der Waals surface area contributed by atoms with E-state index in [0.717, 1.165) is 38.7 Å².